The number of hydrogen-bond donors (Lipinski definition) is 1. The normalized spacial score (nSPS) is 23.0. The van der Waals surface area contributed by atoms with Gasteiger partial charge in [-0.05, 0) is 56.5 Å². The van der Waals surface area contributed by atoms with Gasteiger partial charge in [-0.15, -0.1) is 0 Å². The molecule has 0 radical (unpaired) electrons. The molecule has 0 saturated carbocycles. The molecule has 2 saturated heterocycles. The second-order valence-corrected chi connectivity index (χ2v) is 8.72. The first-order chi connectivity index (χ1) is 14.4. The Hall–Kier alpha value is -1.60. The minimum absolute atomic E-state index is 0.0160. The smallest absolute Gasteiger partial charge is 0.247 e. The van der Waals surface area contributed by atoms with Gasteiger partial charge in [-0.2, -0.15) is 0 Å². The van der Waals surface area contributed by atoms with Crippen LogP contribution >= 0.6 is 23.2 Å². The van der Waals surface area contributed by atoms with E-state index in [9.17, 15) is 14.7 Å². The van der Waals surface area contributed by atoms with Crippen LogP contribution in [0, 0.1) is 0 Å². The van der Waals surface area contributed by atoms with Gasteiger partial charge in [0.25, 0.3) is 0 Å². The molecule has 30 heavy (non-hydrogen) atoms. The lowest BCUT2D eigenvalue weighted by molar-refractivity contribution is -0.148. The summed E-state index contributed by atoms with van der Waals surface area (Å²) < 4.78 is 0. The first-order valence-corrected chi connectivity index (χ1v) is 11.2. The van der Waals surface area contributed by atoms with Gasteiger partial charge in [0.2, 0.25) is 11.8 Å². The maximum atomic E-state index is 12.8. The second-order valence-electron chi connectivity index (χ2n) is 7.91. The Kier molecular flexibility index (Phi) is 8.17. The van der Waals surface area contributed by atoms with Gasteiger partial charge in [0.1, 0.15) is 6.04 Å². The summed E-state index contributed by atoms with van der Waals surface area (Å²) in [7, 11) is 0. The molecule has 8 heteroatoms. The number of benzene rings is 1. The number of aliphatic hydroxyl groups excluding tert-OH is 1. The lowest BCUT2D eigenvalue weighted by atomic mass is 10.1. The molecule has 1 N–H and O–H groups in total. The van der Waals surface area contributed by atoms with Gasteiger partial charge in [-0.1, -0.05) is 29.3 Å². The SMILES string of the molecule is CC1C(=O)N(CCCN2CCCC2CO)CCN1C(=O)C=Cc1ccc(Cl)c(Cl)c1. The molecule has 2 unspecified atom stereocenters. The zero-order chi connectivity index (χ0) is 21.7. The van der Waals surface area contributed by atoms with Crippen LogP contribution in [-0.4, -0.2) is 83.0 Å². The molecule has 1 aromatic rings. The molecule has 2 amide bonds. The molecule has 2 aliphatic heterocycles. The zero-order valence-corrected chi connectivity index (χ0v) is 18.8. The predicted octanol–water partition coefficient (Wildman–Crippen LogP) is 2.91. The van der Waals surface area contributed by atoms with E-state index in [1.54, 1.807) is 36.1 Å². The Bertz CT molecular complexity index is 802. The number of carbonyl (C=O) groups excluding carboxylic acids is 2. The number of hydrogen-bond acceptors (Lipinski definition) is 4. The van der Waals surface area contributed by atoms with Crippen LogP contribution in [0.25, 0.3) is 6.08 Å². The molecule has 164 valence electrons. The van der Waals surface area contributed by atoms with Gasteiger partial charge in [0.15, 0.2) is 0 Å². The molecule has 0 bridgehead atoms. The van der Waals surface area contributed by atoms with Crippen LogP contribution in [0.1, 0.15) is 31.7 Å². The summed E-state index contributed by atoms with van der Waals surface area (Å²) in [5, 5.41) is 10.3. The molecule has 0 aromatic heterocycles. The van der Waals surface area contributed by atoms with Crippen molar-refractivity contribution in [1.29, 1.82) is 0 Å². The maximum Gasteiger partial charge on any atom is 0.247 e. The number of nitrogens with zero attached hydrogens (tertiary/aromatic N) is 3. The van der Waals surface area contributed by atoms with Gasteiger partial charge in [-0.25, -0.2) is 0 Å². The fourth-order valence-electron chi connectivity index (χ4n) is 4.19. The average molecular weight is 454 g/mol. The fourth-order valence-corrected chi connectivity index (χ4v) is 4.50. The molecule has 0 spiro atoms. The highest BCUT2D eigenvalue weighted by Crippen LogP contribution is 2.23. The molecule has 6 nitrogen and oxygen atoms in total. The summed E-state index contributed by atoms with van der Waals surface area (Å²) in [4.78, 5) is 31.2. The Labute approximate surface area is 188 Å². The molecule has 0 aliphatic carbocycles. The van der Waals surface area contributed by atoms with Gasteiger partial charge < -0.3 is 14.9 Å². The minimum atomic E-state index is -0.485. The number of carbonyl (C=O) groups is 2. The topological polar surface area (TPSA) is 64.1 Å². The minimum Gasteiger partial charge on any atom is -0.395 e. The summed E-state index contributed by atoms with van der Waals surface area (Å²) in [5.74, 6) is -0.206. The zero-order valence-electron chi connectivity index (χ0n) is 17.3. The fraction of sp³-hybridized carbons (Fsp3) is 0.545. The number of piperazine rings is 1. The van der Waals surface area contributed by atoms with Crippen molar-refractivity contribution in [3.63, 3.8) is 0 Å². The molecule has 2 atom stereocenters. The number of halogens is 2. The molecular formula is C22H29Cl2N3O3. The van der Waals surface area contributed by atoms with Crippen LogP contribution in [0.5, 0.6) is 0 Å². The van der Waals surface area contributed by atoms with E-state index in [4.69, 9.17) is 23.2 Å². The predicted molar refractivity (Wildman–Crippen MR) is 120 cm³/mol. The quantitative estimate of drug-likeness (QED) is 0.644. The highest BCUT2D eigenvalue weighted by atomic mass is 35.5. The van der Waals surface area contributed by atoms with Crippen LogP contribution in [0.2, 0.25) is 10.0 Å². The van der Waals surface area contributed by atoms with Crippen LogP contribution in [-0.2, 0) is 9.59 Å². The van der Waals surface area contributed by atoms with E-state index >= 15 is 0 Å². The third kappa shape index (κ3) is 5.55. The standard InChI is InChI=1S/C22H29Cl2N3O3/c1-16-22(30)26(11-3-10-25-9-2-4-18(25)15-28)12-13-27(16)21(29)8-6-17-5-7-19(23)20(24)14-17/h5-8,14,16,18,28H,2-4,9-13,15H2,1H3. The first-order valence-electron chi connectivity index (χ1n) is 10.5. The third-order valence-electron chi connectivity index (χ3n) is 5.98. The molecule has 2 heterocycles. The molecule has 1 aromatic carbocycles. The summed E-state index contributed by atoms with van der Waals surface area (Å²) in [5.41, 5.74) is 0.776. The summed E-state index contributed by atoms with van der Waals surface area (Å²) in [6.45, 7) is 5.62. The Balaban J connectivity index is 1.50. The van der Waals surface area contributed by atoms with E-state index < -0.39 is 6.04 Å². The van der Waals surface area contributed by atoms with Crippen molar-refractivity contribution >= 4 is 41.1 Å². The lowest BCUT2D eigenvalue weighted by Crippen LogP contribution is -2.57. The summed E-state index contributed by atoms with van der Waals surface area (Å²) in [6, 6.07) is 4.94. The van der Waals surface area contributed by atoms with Crippen molar-refractivity contribution in [2.24, 2.45) is 0 Å². The van der Waals surface area contributed by atoms with Crippen molar-refractivity contribution in [3.05, 3.63) is 39.9 Å². The summed E-state index contributed by atoms with van der Waals surface area (Å²) in [6.07, 6.45) is 6.20. The van der Waals surface area contributed by atoms with Gasteiger partial charge in [0.05, 0.1) is 16.7 Å². The number of aliphatic hydroxyl groups is 1. The highest BCUT2D eigenvalue weighted by molar-refractivity contribution is 6.42. The van der Waals surface area contributed by atoms with Crippen molar-refractivity contribution in [1.82, 2.24) is 14.7 Å². The van der Waals surface area contributed by atoms with Crippen molar-refractivity contribution in [3.8, 4) is 0 Å². The average Bonchev–Trinajstić information content (AvgIpc) is 3.19. The van der Waals surface area contributed by atoms with Gasteiger partial charge in [-0.3, -0.25) is 14.5 Å². The molecule has 2 fully saturated rings. The lowest BCUT2D eigenvalue weighted by Gasteiger charge is -2.39. The number of rotatable bonds is 7. The van der Waals surface area contributed by atoms with Crippen LogP contribution in [0.15, 0.2) is 24.3 Å². The maximum absolute atomic E-state index is 12.8. The van der Waals surface area contributed by atoms with E-state index in [0.717, 1.165) is 37.9 Å². The van der Waals surface area contributed by atoms with E-state index in [0.29, 0.717) is 29.7 Å². The van der Waals surface area contributed by atoms with Crippen molar-refractivity contribution < 1.29 is 14.7 Å². The van der Waals surface area contributed by atoms with Crippen LogP contribution in [0.3, 0.4) is 0 Å². The Morgan fingerprint density at radius 3 is 2.73 bits per heavy atom. The molecule has 3 rings (SSSR count). The Morgan fingerprint density at radius 2 is 2.00 bits per heavy atom. The van der Waals surface area contributed by atoms with E-state index in [1.165, 1.54) is 6.08 Å². The van der Waals surface area contributed by atoms with Crippen LogP contribution < -0.4 is 0 Å². The largest absolute Gasteiger partial charge is 0.395 e. The number of likely N-dealkylation sites (tertiary alicyclic amines) is 1. The summed E-state index contributed by atoms with van der Waals surface area (Å²) >= 11 is 11.9. The van der Waals surface area contributed by atoms with Gasteiger partial charge >= 0.3 is 0 Å². The third-order valence-corrected chi connectivity index (χ3v) is 6.71. The number of amides is 2. The molecule has 2 aliphatic rings. The van der Waals surface area contributed by atoms with E-state index in [-0.39, 0.29) is 24.5 Å². The first kappa shape index (κ1) is 23.1. The van der Waals surface area contributed by atoms with Crippen molar-refractivity contribution in [2.45, 2.75) is 38.3 Å². The Morgan fingerprint density at radius 1 is 1.20 bits per heavy atom. The van der Waals surface area contributed by atoms with E-state index in [1.807, 2.05) is 4.90 Å². The van der Waals surface area contributed by atoms with Crippen molar-refractivity contribution in [2.75, 3.05) is 39.3 Å². The van der Waals surface area contributed by atoms with Crippen LogP contribution in [0.4, 0.5) is 0 Å². The molecular weight excluding hydrogens is 425 g/mol. The highest BCUT2D eigenvalue weighted by Gasteiger charge is 2.33. The monoisotopic (exact) mass is 453 g/mol. The second kappa shape index (κ2) is 10.6. The van der Waals surface area contributed by atoms with Gasteiger partial charge in [0, 0.05) is 38.3 Å². The van der Waals surface area contributed by atoms with E-state index in [2.05, 4.69) is 4.90 Å².